The van der Waals surface area contributed by atoms with Crippen LogP contribution in [-0.2, 0) is 49.7 Å². The molecule has 2 aliphatic rings. The Labute approximate surface area is 287 Å². The molecule has 3 rings (SSSR count). The van der Waals surface area contributed by atoms with Crippen LogP contribution < -0.4 is 11.2 Å². The summed E-state index contributed by atoms with van der Waals surface area (Å²) in [5.74, 6) is 0. The van der Waals surface area contributed by atoms with Gasteiger partial charge in [0.2, 0.25) is 0 Å². The van der Waals surface area contributed by atoms with Crippen LogP contribution in [-0.4, -0.2) is 141 Å². The number of aliphatic hydroxyl groups is 5. The van der Waals surface area contributed by atoms with Gasteiger partial charge in [0.1, 0.15) is 36.6 Å². The lowest BCUT2D eigenvalue weighted by atomic mass is 10.0. The van der Waals surface area contributed by atoms with Crippen molar-refractivity contribution in [2.75, 3.05) is 32.8 Å². The highest BCUT2D eigenvalue weighted by Gasteiger charge is 2.51. The second kappa shape index (κ2) is 18.9. The van der Waals surface area contributed by atoms with Crippen molar-refractivity contribution < 1.29 is 99.2 Å². The Morgan fingerprint density at radius 3 is 1.82 bits per heavy atom. The number of aromatic amines is 1. The summed E-state index contributed by atoms with van der Waals surface area (Å²) in [5, 5.41) is 48.6. The summed E-state index contributed by atoms with van der Waals surface area (Å²) in [4.78, 5) is 66.0. The number of aliphatic hydroxyl groups excluding tert-OH is 5. The van der Waals surface area contributed by atoms with E-state index in [-0.39, 0.29) is 0 Å². The van der Waals surface area contributed by atoms with Gasteiger partial charge in [0.15, 0.2) is 18.7 Å². The normalized spacial score (nSPS) is 32.9. The van der Waals surface area contributed by atoms with Crippen molar-refractivity contribution in [2.45, 2.75) is 76.1 Å². The van der Waals surface area contributed by atoms with Crippen LogP contribution in [0.1, 0.15) is 27.0 Å². The average Bonchev–Trinajstić information content (AvgIpc) is 3.28. The van der Waals surface area contributed by atoms with Gasteiger partial charge in [-0.15, -0.1) is 0 Å². The standard InChI is InChI=1S/C15H25FN2O22P4.C6H15N/c16-8-5(3-19)36-14(12(24)10(8)22)37-42(28,29)39-44(32,33)40-43(30,31)38-41(26,27)34-4-6-9(21)11(23)13(35-6)18-2-1-7(20)17-15(18)25;1-4-7(5-2)6-3/h1-2,5-6,8-14,19,21-24H,3-4H2,(H,26,27)(H,28,29)(H,30,31)(H,32,33)(H,17,20,25);4-6H2,1-3H3/t5-,6-,8-,9-,10+,11-,12-,13-,14-;/m1./s1. The summed E-state index contributed by atoms with van der Waals surface area (Å²) in [7, 11) is -24.4. The van der Waals surface area contributed by atoms with E-state index in [1.807, 2.05) is 4.98 Å². The highest BCUT2D eigenvalue weighted by Crippen LogP contribution is 2.71. The first-order valence-corrected chi connectivity index (χ1v) is 20.5. The lowest BCUT2D eigenvalue weighted by Crippen LogP contribution is -2.57. The minimum atomic E-state index is -6.31. The molecule has 51 heavy (non-hydrogen) atoms. The fourth-order valence-electron chi connectivity index (χ4n) is 4.29. The lowest BCUT2D eigenvalue weighted by Gasteiger charge is -2.38. The highest BCUT2D eigenvalue weighted by molar-refractivity contribution is 7.69. The summed E-state index contributed by atoms with van der Waals surface area (Å²) >= 11 is 0. The van der Waals surface area contributed by atoms with Gasteiger partial charge in [-0.3, -0.25) is 23.4 Å². The molecule has 4 unspecified atom stereocenters. The van der Waals surface area contributed by atoms with Crippen LogP contribution in [0.15, 0.2) is 21.9 Å². The first-order chi connectivity index (χ1) is 23.4. The molecule has 25 nitrogen and oxygen atoms in total. The van der Waals surface area contributed by atoms with E-state index >= 15 is 0 Å². The summed E-state index contributed by atoms with van der Waals surface area (Å²) in [6, 6.07) is 0.860. The largest absolute Gasteiger partial charge is 0.490 e. The lowest BCUT2D eigenvalue weighted by molar-refractivity contribution is -0.268. The topological polar surface area (TPSA) is 373 Å². The number of phosphoric ester groups is 2. The second-order valence-electron chi connectivity index (χ2n) is 10.4. The number of alkyl halides is 1. The zero-order chi connectivity index (χ0) is 39.1. The van der Waals surface area contributed by atoms with Gasteiger partial charge in [-0.05, 0) is 19.6 Å². The SMILES string of the molecule is CCN(CC)CC.O=c1ccn([C@@H]2O[C@H](COP(=O)(O)OP(=O)(O)OP(=O)(O)OP(=O)(O)O[C@H]3O[C@H](CO)[C@@H](F)[C@H](O)[C@H]3O)[C@@H](O)[C@H]2O)c(=O)[nH]1. The third-order valence-corrected chi connectivity index (χ3v) is 12.8. The number of ether oxygens (including phenoxy) is 2. The van der Waals surface area contributed by atoms with Gasteiger partial charge in [-0.25, -0.2) is 27.4 Å². The second-order valence-corrected chi connectivity index (χ2v) is 16.5. The van der Waals surface area contributed by atoms with E-state index in [2.05, 4.69) is 52.4 Å². The van der Waals surface area contributed by atoms with Gasteiger partial charge in [-0.2, -0.15) is 12.9 Å². The third-order valence-electron chi connectivity index (χ3n) is 6.86. The molecule has 0 bridgehead atoms. The van der Waals surface area contributed by atoms with Gasteiger partial charge in [0.25, 0.3) is 5.56 Å². The van der Waals surface area contributed by atoms with E-state index in [0.717, 1.165) is 12.3 Å². The van der Waals surface area contributed by atoms with Crippen molar-refractivity contribution in [3.05, 3.63) is 33.1 Å². The molecule has 0 saturated carbocycles. The molecular formula is C21H40FN3O22P4. The van der Waals surface area contributed by atoms with Crippen molar-refractivity contribution in [3.8, 4) is 0 Å². The van der Waals surface area contributed by atoms with Gasteiger partial charge in [0.05, 0.1) is 13.2 Å². The monoisotopic (exact) mass is 829 g/mol. The number of hydrogen-bond donors (Lipinski definition) is 10. The zero-order valence-electron chi connectivity index (χ0n) is 26.8. The van der Waals surface area contributed by atoms with Crippen LogP contribution in [0.3, 0.4) is 0 Å². The summed E-state index contributed by atoms with van der Waals surface area (Å²) in [5.41, 5.74) is -1.90. The van der Waals surface area contributed by atoms with Crippen molar-refractivity contribution >= 4 is 31.3 Å². The summed E-state index contributed by atoms with van der Waals surface area (Å²) in [6.07, 6.45) is -17.9. The Hall–Kier alpha value is -1.15. The van der Waals surface area contributed by atoms with Crippen LogP contribution in [0.2, 0.25) is 0 Å². The van der Waals surface area contributed by atoms with Crippen molar-refractivity contribution in [3.63, 3.8) is 0 Å². The molecule has 0 aromatic carbocycles. The molecule has 2 aliphatic heterocycles. The van der Waals surface area contributed by atoms with Crippen molar-refractivity contribution in [2.24, 2.45) is 0 Å². The van der Waals surface area contributed by atoms with Crippen LogP contribution >= 0.6 is 31.3 Å². The van der Waals surface area contributed by atoms with E-state index in [1.165, 1.54) is 19.6 Å². The molecule has 13 atom stereocenters. The number of halogens is 1. The van der Waals surface area contributed by atoms with Crippen molar-refractivity contribution in [1.82, 2.24) is 14.5 Å². The number of hydrogen-bond acceptors (Lipinski definition) is 19. The van der Waals surface area contributed by atoms with Crippen LogP contribution in [0.5, 0.6) is 0 Å². The van der Waals surface area contributed by atoms with E-state index in [0.29, 0.717) is 4.57 Å². The van der Waals surface area contributed by atoms with E-state index in [4.69, 9.17) is 9.84 Å². The fourth-order valence-corrected chi connectivity index (χ4v) is 9.31. The average molecular weight is 829 g/mol. The summed E-state index contributed by atoms with van der Waals surface area (Å²) < 4.78 is 92.1. The van der Waals surface area contributed by atoms with Crippen LogP contribution in [0.4, 0.5) is 4.39 Å². The predicted octanol–water partition coefficient (Wildman–Crippen LogP) is -2.23. The van der Waals surface area contributed by atoms with Crippen LogP contribution in [0.25, 0.3) is 0 Å². The summed E-state index contributed by atoms with van der Waals surface area (Å²) in [6.45, 7) is 7.76. The predicted molar refractivity (Wildman–Crippen MR) is 163 cm³/mol. The molecular weight excluding hydrogens is 789 g/mol. The molecule has 298 valence electrons. The smallest absolute Gasteiger partial charge is 0.394 e. The third kappa shape index (κ3) is 13.6. The van der Waals surface area contributed by atoms with Crippen molar-refractivity contribution in [1.29, 1.82) is 0 Å². The van der Waals surface area contributed by atoms with Gasteiger partial charge >= 0.3 is 37.0 Å². The molecule has 3 heterocycles. The molecule has 2 fully saturated rings. The fraction of sp³-hybridized carbons (Fsp3) is 0.810. The molecule has 10 N–H and O–H groups in total. The molecule has 1 aromatic heterocycles. The maximum atomic E-state index is 13.8. The molecule has 0 radical (unpaired) electrons. The molecule has 2 saturated heterocycles. The number of nitrogens with zero attached hydrogens (tertiary/aromatic N) is 2. The maximum Gasteiger partial charge on any atom is 0.490 e. The van der Waals surface area contributed by atoms with Crippen LogP contribution in [0, 0.1) is 0 Å². The first-order valence-electron chi connectivity index (χ1n) is 14.5. The first kappa shape index (κ1) is 46.0. The molecule has 0 spiro atoms. The Morgan fingerprint density at radius 1 is 0.804 bits per heavy atom. The number of rotatable bonds is 16. The van der Waals surface area contributed by atoms with E-state index in [1.54, 1.807) is 0 Å². The molecule has 1 aromatic rings. The minimum absolute atomic E-state index is 0.633. The number of phosphoric acid groups is 4. The Morgan fingerprint density at radius 2 is 1.33 bits per heavy atom. The zero-order valence-corrected chi connectivity index (χ0v) is 30.4. The Bertz CT molecular complexity index is 1590. The van der Waals surface area contributed by atoms with E-state index < -0.39 is 111 Å². The molecule has 0 amide bonds. The molecule has 30 heteroatoms. The Balaban J connectivity index is 0.00000116. The number of nitrogens with one attached hydrogen (secondary N) is 1. The van der Waals surface area contributed by atoms with Gasteiger partial charge in [-0.1, -0.05) is 20.8 Å². The Kier molecular flexibility index (Phi) is 17.1. The number of H-pyrrole nitrogens is 1. The maximum absolute atomic E-state index is 13.8. The van der Waals surface area contributed by atoms with E-state index in [9.17, 15) is 72.2 Å². The highest BCUT2D eigenvalue weighted by atomic mass is 31.3. The number of aromatic nitrogens is 2. The molecule has 0 aliphatic carbocycles. The minimum Gasteiger partial charge on any atom is -0.394 e. The quantitative estimate of drug-likeness (QED) is 0.0788. The van der Waals surface area contributed by atoms with Gasteiger partial charge < -0.3 is 59.5 Å². The van der Waals surface area contributed by atoms with Gasteiger partial charge in [0, 0.05) is 12.3 Å².